The van der Waals surface area contributed by atoms with Gasteiger partial charge in [-0.05, 0) is 42.3 Å². The molecule has 1 heterocycles. The summed E-state index contributed by atoms with van der Waals surface area (Å²) in [4.78, 5) is 14.1. The predicted molar refractivity (Wildman–Crippen MR) is 113 cm³/mol. The lowest BCUT2D eigenvalue weighted by molar-refractivity contribution is -0.124. The number of hydrogen-bond donors (Lipinski definition) is 0. The van der Waals surface area contributed by atoms with E-state index < -0.39 is 0 Å². The van der Waals surface area contributed by atoms with Crippen molar-refractivity contribution < 1.29 is 14.3 Å². The summed E-state index contributed by atoms with van der Waals surface area (Å²) in [6, 6.07) is 15.6. The summed E-state index contributed by atoms with van der Waals surface area (Å²) in [6.45, 7) is 0.599. The van der Waals surface area contributed by atoms with Crippen molar-refractivity contribution in [1.82, 2.24) is 14.7 Å². The van der Waals surface area contributed by atoms with Gasteiger partial charge in [-0.2, -0.15) is 5.10 Å². The minimum absolute atomic E-state index is 0.0575. The van der Waals surface area contributed by atoms with Crippen LogP contribution in [0.5, 0.6) is 11.5 Å². The molecule has 0 fully saturated rings. The molecule has 0 saturated heterocycles. The van der Waals surface area contributed by atoms with E-state index in [4.69, 9.17) is 9.47 Å². The van der Waals surface area contributed by atoms with Crippen LogP contribution in [0.15, 0.2) is 67.0 Å². The third-order valence-corrected chi connectivity index (χ3v) is 4.60. The molecule has 29 heavy (non-hydrogen) atoms. The molecular weight excluding hydrogens is 366 g/mol. The Bertz CT molecular complexity index is 980. The largest absolute Gasteiger partial charge is 0.493 e. The molecule has 150 valence electrons. The second kappa shape index (κ2) is 9.59. The zero-order valence-electron chi connectivity index (χ0n) is 16.9. The van der Waals surface area contributed by atoms with Crippen molar-refractivity contribution in [3.8, 4) is 17.2 Å². The average molecular weight is 391 g/mol. The van der Waals surface area contributed by atoms with E-state index in [1.54, 1.807) is 49.2 Å². The smallest absolute Gasteiger partial charge is 0.246 e. The van der Waals surface area contributed by atoms with Gasteiger partial charge >= 0.3 is 0 Å². The van der Waals surface area contributed by atoms with Crippen molar-refractivity contribution in [1.29, 1.82) is 0 Å². The lowest BCUT2D eigenvalue weighted by Crippen LogP contribution is -2.27. The fraction of sp³-hybridized carbons (Fsp3) is 0.217. The quantitative estimate of drug-likeness (QED) is 0.551. The molecule has 6 nitrogen and oxygen atoms in total. The van der Waals surface area contributed by atoms with Crippen LogP contribution in [0.1, 0.15) is 11.1 Å². The highest BCUT2D eigenvalue weighted by Gasteiger charge is 2.08. The normalized spacial score (nSPS) is 10.9. The molecule has 0 atom stereocenters. The molecule has 2 aromatic carbocycles. The Morgan fingerprint density at radius 1 is 1.10 bits per heavy atom. The topological polar surface area (TPSA) is 56.6 Å². The number of amides is 1. The molecule has 0 aliphatic heterocycles. The van der Waals surface area contributed by atoms with Crippen molar-refractivity contribution in [3.63, 3.8) is 0 Å². The fourth-order valence-corrected chi connectivity index (χ4v) is 2.88. The molecule has 0 bridgehead atoms. The Hall–Kier alpha value is -3.54. The van der Waals surface area contributed by atoms with Crippen LogP contribution in [-0.2, 0) is 11.2 Å². The van der Waals surface area contributed by atoms with E-state index in [0.717, 1.165) is 23.2 Å². The summed E-state index contributed by atoms with van der Waals surface area (Å²) in [7, 11) is 5.02. The first-order valence-electron chi connectivity index (χ1n) is 9.35. The molecule has 0 aliphatic rings. The molecule has 0 N–H and O–H groups in total. The Balaban J connectivity index is 1.56. The number of nitrogens with zero attached hydrogens (tertiary/aromatic N) is 3. The maximum Gasteiger partial charge on any atom is 0.246 e. The first-order chi connectivity index (χ1) is 14.1. The van der Waals surface area contributed by atoms with Crippen molar-refractivity contribution in [2.45, 2.75) is 6.42 Å². The highest BCUT2D eigenvalue weighted by molar-refractivity contribution is 5.91. The molecule has 0 spiro atoms. The van der Waals surface area contributed by atoms with Crippen LogP contribution in [0.4, 0.5) is 0 Å². The van der Waals surface area contributed by atoms with Gasteiger partial charge in [-0.3, -0.25) is 4.79 Å². The molecule has 1 amide bonds. The first-order valence-corrected chi connectivity index (χ1v) is 9.35. The number of carbonyl (C=O) groups excluding carboxylic acids is 1. The number of rotatable bonds is 8. The van der Waals surface area contributed by atoms with Gasteiger partial charge in [0, 0.05) is 31.4 Å². The first kappa shape index (κ1) is 20.2. The van der Waals surface area contributed by atoms with Gasteiger partial charge in [0.05, 0.1) is 26.1 Å². The summed E-state index contributed by atoms with van der Waals surface area (Å²) in [6.07, 6.45) is 7.70. The molecule has 3 aromatic rings. The van der Waals surface area contributed by atoms with Crippen molar-refractivity contribution in [2.75, 3.05) is 27.8 Å². The van der Waals surface area contributed by atoms with E-state index in [1.807, 2.05) is 54.7 Å². The molecule has 6 heteroatoms. The Kier molecular flexibility index (Phi) is 6.68. The number of methoxy groups -OCH3 is 2. The average Bonchev–Trinajstić information content (AvgIpc) is 3.25. The molecule has 1 aromatic heterocycles. The molecule has 0 aliphatic carbocycles. The maximum absolute atomic E-state index is 12.4. The van der Waals surface area contributed by atoms with Crippen LogP contribution >= 0.6 is 0 Å². The van der Waals surface area contributed by atoms with Crippen LogP contribution < -0.4 is 9.47 Å². The molecular formula is C23H25N3O3. The fourth-order valence-electron chi connectivity index (χ4n) is 2.88. The minimum atomic E-state index is -0.0575. The zero-order valence-corrected chi connectivity index (χ0v) is 16.9. The minimum Gasteiger partial charge on any atom is -0.493 e. The third kappa shape index (κ3) is 5.25. The molecule has 0 unspecified atom stereocenters. The van der Waals surface area contributed by atoms with Gasteiger partial charge < -0.3 is 14.4 Å². The summed E-state index contributed by atoms with van der Waals surface area (Å²) in [5.41, 5.74) is 2.93. The van der Waals surface area contributed by atoms with Crippen LogP contribution in [0.3, 0.4) is 0 Å². The van der Waals surface area contributed by atoms with E-state index in [1.165, 1.54) is 0 Å². The Morgan fingerprint density at radius 3 is 2.59 bits per heavy atom. The van der Waals surface area contributed by atoms with Gasteiger partial charge in [0.25, 0.3) is 0 Å². The van der Waals surface area contributed by atoms with Crippen molar-refractivity contribution in [2.24, 2.45) is 0 Å². The van der Waals surface area contributed by atoms with Gasteiger partial charge in [0.2, 0.25) is 5.91 Å². The summed E-state index contributed by atoms with van der Waals surface area (Å²) >= 11 is 0. The lowest BCUT2D eigenvalue weighted by Gasteiger charge is -2.16. The standard InChI is InChI=1S/C23H25N3O3/c1-25(14-13-18-9-11-21(28-2)22(15-18)29-3)23(27)12-10-19-16-24-26(17-19)20-7-5-4-6-8-20/h4-12,15-17H,13-14H2,1-3H3/b12-10+. The lowest BCUT2D eigenvalue weighted by atomic mass is 10.1. The third-order valence-electron chi connectivity index (χ3n) is 4.60. The van der Waals surface area contributed by atoms with Crippen LogP contribution in [0.25, 0.3) is 11.8 Å². The summed E-state index contributed by atoms with van der Waals surface area (Å²) in [5, 5.41) is 4.33. The highest BCUT2D eigenvalue weighted by atomic mass is 16.5. The van der Waals surface area contributed by atoms with Gasteiger partial charge in [0.1, 0.15) is 0 Å². The second-order valence-corrected chi connectivity index (χ2v) is 6.59. The molecule has 3 rings (SSSR count). The number of carbonyl (C=O) groups is 1. The number of para-hydroxylation sites is 1. The van der Waals surface area contributed by atoms with Gasteiger partial charge in [0.15, 0.2) is 11.5 Å². The van der Waals surface area contributed by atoms with E-state index in [-0.39, 0.29) is 5.91 Å². The van der Waals surface area contributed by atoms with E-state index in [9.17, 15) is 4.79 Å². The SMILES string of the molecule is COc1ccc(CCN(C)C(=O)/C=C/c2cnn(-c3ccccc3)c2)cc1OC. The summed E-state index contributed by atoms with van der Waals surface area (Å²) in [5.74, 6) is 1.33. The van der Waals surface area contributed by atoms with Crippen LogP contribution in [0, 0.1) is 0 Å². The number of likely N-dealkylation sites (N-methyl/N-ethyl adjacent to an activating group) is 1. The predicted octanol–water partition coefficient (Wildman–Crippen LogP) is 3.60. The van der Waals surface area contributed by atoms with Crippen LogP contribution in [0.2, 0.25) is 0 Å². The van der Waals surface area contributed by atoms with Gasteiger partial charge in [-0.1, -0.05) is 24.3 Å². The Labute approximate surface area is 171 Å². The number of ether oxygens (including phenoxy) is 2. The van der Waals surface area contributed by atoms with E-state index in [0.29, 0.717) is 18.0 Å². The van der Waals surface area contributed by atoms with Gasteiger partial charge in [-0.25, -0.2) is 4.68 Å². The summed E-state index contributed by atoms with van der Waals surface area (Å²) < 4.78 is 12.4. The molecule has 0 radical (unpaired) electrons. The second-order valence-electron chi connectivity index (χ2n) is 6.59. The Morgan fingerprint density at radius 2 is 1.86 bits per heavy atom. The highest BCUT2D eigenvalue weighted by Crippen LogP contribution is 2.27. The van der Waals surface area contributed by atoms with Crippen molar-refractivity contribution in [3.05, 3.63) is 78.1 Å². The molecule has 0 saturated carbocycles. The zero-order chi connectivity index (χ0) is 20.6. The maximum atomic E-state index is 12.4. The number of aromatic nitrogens is 2. The van der Waals surface area contributed by atoms with E-state index >= 15 is 0 Å². The van der Waals surface area contributed by atoms with Crippen molar-refractivity contribution >= 4 is 12.0 Å². The van der Waals surface area contributed by atoms with E-state index in [2.05, 4.69) is 5.10 Å². The monoisotopic (exact) mass is 391 g/mol. The van der Waals surface area contributed by atoms with Crippen LogP contribution in [-0.4, -0.2) is 48.4 Å². The number of benzene rings is 2. The number of hydrogen-bond acceptors (Lipinski definition) is 4. The van der Waals surface area contributed by atoms with Gasteiger partial charge in [-0.15, -0.1) is 0 Å².